The predicted octanol–water partition coefficient (Wildman–Crippen LogP) is 5.46. The van der Waals surface area contributed by atoms with Crippen molar-refractivity contribution < 1.29 is 19.1 Å². The van der Waals surface area contributed by atoms with E-state index in [1.54, 1.807) is 36.5 Å². The number of carbonyl (C=O) groups is 2. The number of nitrogens with zero attached hydrogens (tertiary/aromatic N) is 1. The second kappa shape index (κ2) is 11.3. The lowest BCUT2D eigenvalue weighted by Crippen LogP contribution is -2.13. The van der Waals surface area contributed by atoms with Crippen molar-refractivity contribution in [3.8, 4) is 0 Å². The van der Waals surface area contributed by atoms with E-state index < -0.39 is 11.9 Å². The van der Waals surface area contributed by atoms with Crippen LogP contribution in [0.3, 0.4) is 0 Å². The molecule has 0 saturated carbocycles. The van der Waals surface area contributed by atoms with Crippen LogP contribution in [0.4, 0.5) is 11.4 Å². The van der Waals surface area contributed by atoms with Gasteiger partial charge < -0.3 is 14.8 Å². The number of hydrogen-bond donors (Lipinski definition) is 1. The van der Waals surface area contributed by atoms with E-state index in [9.17, 15) is 9.59 Å². The van der Waals surface area contributed by atoms with Crippen molar-refractivity contribution in [3.63, 3.8) is 0 Å². The van der Waals surface area contributed by atoms with Crippen LogP contribution in [0, 0.1) is 0 Å². The molecule has 1 heterocycles. The first-order chi connectivity index (χ1) is 15.0. The molecule has 0 aliphatic rings. The molecule has 160 valence electrons. The molecule has 8 heteroatoms. The topological polar surface area (TPSA) is 77.5 Å². The molecule has 0 aliphatic heterocycles. The SMILES string of the molecule is O=C(Cc1ccccc1Nc1c(Cl)cccc1Cl)OCCCOC(=O)c1cccnc1. The van der Waals surface area contributed by atoms with Gasteiger partial charge in [0.2, 0.25) is 0 Å². The summed E-state index contributed by atoms with van der Waals surface area (Å²) in [6.45, 7) is 0.287. The monoisotopic (exact) mass is 458 g/mol. The van der Waals surface area contributed by atoms with E-state index in [0.29, 0.717) is 33.4 Å². The van der Waals surface area contributed by atoms with Gasteiger partial charge >= 0.3 is 11.9 Å². The molecule has 1 N–H and O–H groups in total. The molecule has 0 saturated heterocycles. The van der Waals surface area contributed by atoms with Gasteiger partial charge in [-0.3, -0.25) is 9.78 Å². The number of halogens is 2. The van der Waals surface area contributed by atoms with Crippen LogP contribution in [0.5, 0.6) is 0 Å². The number of aromatic nitrogens is 1. The minimum absolute atomic E-state index is 0.0702. The lowest BCUT2D eigenvalue weighted by molar-refractivity contribution is -0.143. The molecule has 0 fully saturated rings. The van der Waals surface area contributed by atoms with Gasteiger partial charge in [-0.05, 0) is 35.9 Å². The van der Waals surface area contributed by atoms with Crippen LogP contribution in [-0.4, -0.2) is 30.1 Å². The fourth-order valence-electron chi connectivity index (χ4n) is 2.73. The molecule has 0 bridgehead atoms. The maximum atomic E-state index is 12.3. The van der Waals surface area contributed by atoms with E-state index in [-0.39, 0.29) is 19.6 Å². The van der Waals surface area contributed by atoms with E-state index >= 15 is 0 Å². The highest BCUT2D eigenvalue weighted by molar-refractivity contribution is 6.39. The van der Waals surface area contributed by atoms with E-state index in [1.165, 1.54) is 6.20 Å². The lowest BCUT2D eigenvalue weighted by Gasteiger charge is -2.14. The van der Waals surface area contributed by atoms with Crippen LogP contribution in [-0.2, 0) is 20.7 Å². The second-order valence-electron chi connectivity index (χ2n) is 6.51. The average Bonchev–Trinajstić information content (AvgIpc) is 2.77. The number of carbonyl (C=O) groups excluding carboxylic acids is 2. The Kier molecular flexibility index (Phi) is 8.27. The number of pyridine rings is 1. The maximum Gasteiger partial charge on any atom is 0.339 e. The highest BCUT2D eigenvalue weighted by Crippen LogP contribution is 2.33. The van der Waals surface area contributed by atoms with Crippen molar-refractivity contribution in [2.45, 2.75) is 12.8 Å². The molecule has 0 aliphatic carbocycles. The summed E-state index contributed by atoms with van der Waals surface area (Å²) < 4.78 is 10.4. The van der Waals surface area contributed by atoms with Crippen molar-refractivity contribution in [3.05, 3.63) is 88.2 Å². The summed E-state index contributed by atoms with van der Waals surface area (Å²) >= 11 is 12.4. The first-order valence-corrected chi connectivity index (χ1v) is 10.3. The van der Waals surface area contributed by atoms with Crippen LogP contribution >= 0.6 is 23.2 Å². The number of anilines is 2. The smallest absolute Gasteiger partial charge is 0.339 e. The van der Waals surface area contributed by atoms with Crippen LogP contribution < -0.4 is 5.32 Å². The highest BCUT2D eigenvalue weighted by Gasteiger charge is 2.12. The van der Waals surface area contributed by atoms with E-state index in [2.05, 4.69) is 10.3 Å². The molecule has 0 radical (unpaired) electrons. The van der Waals surface area contributed by atoms with Crippen LogP contribution in [0.25, 0.3) is 0 Å². The summed E-state index contributed by atoms with van der Waals surface area (Å²) in [5, 5.41) is 4.14. The molecule has 0 atom stereocenters. The Hall–Kier alpha value is -3.09. The number of hydrogen-bond acceptors (Lipinski definition) is 6. The minimum atomic E-state index is -0.460. The van der Waals surface area contributed by atoms with Gasteiger partial charge in [-0.25, -0.2) is 4.79 Å². The Balaban J connectivity index is 1.47. The van der Waals surface area contributed by atoms with Gasteiger partial charge in [0, 0.05) is 24.5 Å². The molecule has 0 unspecified atom stereocenters. The van der Waals surface area contributed by atoms with E-state index in [0.717, 1.165) is 5.56 Å². The summed E-state index contributed by atoms with van der Waals surface area (Å²) in [4.78, 5) is 27.9. The molecule has 3 aromatic rings. The van der Waals surface area contributed by atoms with Crippen LogP contribution in [0.2, 0.25) is 10.0 Å². The van der Waals surface area contributed by atoms with E-state index in [4.69, 9.17) is 32.7 Å². The molecule has 2 aromatic carbocycles. The van der Waals surface area contributed by atoms with Gasteiger partial charge in [-0.2, -0.15) is 0 Å². The average molecular weight is 459 g/mol. The Labute approximate surface area is 190 Å². The van der Waals surface area contributed by atoms with Gasteiger partial charge in [-0.15, -0.1) is 0 Å². The predicted molar refractivity (Wildman–Crippen MR) is 120 cm³/mol. The Morgan fingerprint density at radius 2 is 1.65 bits per heavy atom. The summed E-state index contributed by atoms with van der Waals surface area (Å²) in [6, 6.07) is 15.8. The molecular weight excluding hydrogens is 439 g/mol. The summed E-state index contributed by atoms with van der Waals surface area (Å²) in [6.07, 6.45) is 3.48. The Bertz CT molecular complexity index is 1020. The summed E-state index contributed by atoms with van der Waals surface area (Å²) in [7, 11) is 0. The Morgan fingerprint density at radius 1 is 0.903 bits per heavy atom. The number of ether oxygens (including phenoxy) is 2. The van der Waals surface area contributed by atoms with Crippen molar-refractivity contribution in [1.29, 1.82) is 0 Å². The normalized spacial score (nSPS) is 10.4. The number of para-hydroxylation sites is 2. The standard InChI is InChI=1S/C23H20Cl2N2O4/c24-18-8-3-9-19(25)22(18)27-20-10-2-1-6-16(20)14-21(28)30-12-5-13-31-23(29)17-7-4-11-26-15-17/h1-4,6-11,15,27H,5,12-14H2. The van der Waals surface area contributed by atoms with Crippen molar-refractivity contribution in [2.24, 2.45) is 0 Å². The van der Waals surface area contributed by atoms with Crippen LogP contribution in [0.1, 0.15) is 22.3 Å². The third-order valence-corrected chi connectivity index (χ3v) is 4.89. The second-order valence-corrected chi connectivity index (χ2v) is 7.32. The number of rotatable bonds is 9. The lowest BCUT2D eigenvalue weighted by atomic mass is 10.1. The molecule has 0 spiro atoms. The van der Waals surface area contributed by atoms with Crippen LogP contribution in [0.15, 0.2) is 67.0 Å². The van der Waals surface area contributed by atoms with Gasteiger partial charge in [0.05, 0.1) is 40.9 Å². The van der Waals surface area contributed by atoms with E-state index in [1.807, 2.05) is 24.3 Å². The quantitative estimate of drug-likeness (QED) is 0.338. The first kappa shape index (κ1) is 22.6. The molecule has 1 aromatic heterocycles. The number of benzene rings is 2. The molecular formula is C23H20Cl2N2O4. The summed E-state index contributed by atoms with van der Waals surface area (Å²) in [5.74, 6) is -0.851. The zero-order valence-electron chi connectivity index (χ0n) is 16.5. The molecule has 0 amide bonds. The van der Waals surface area contributed by atoms with Gasteiger partial charge in [0.15, 0.2) is 0 Å². The highest BCUT2D eigenvalue weighted by atomic mass is 35.5. The fourth-order valence-corrected chi connectivity index (χ4v) is 3.22. The third kappa shape index (κ3) is 6.70. The number of nitrogens with one attached hydrogen (secondary N) is 1. The van der Waals surface area contributed by atoms with Crippen molar-refractivity contribution in [1.82, 2.24) is 4.98 Å². The largest absolute Gasteiger partial charge is 0.465 e. The zero-order valence-corrected chi connectivity index (χ0v) is 18.0. The molecule has 6 nitrogen and oxygen atoms in total. The fraction of sp³-hybridized carbons (Fsp3) is 0.174. The van der Waals surface area contributed by atoms with Gasteiger partial charge in [0.1, 0.15) is 0 Å². The number of esters is 2. The molecule has 3 rings (SSSR count). The van der Waals surface area contributed by atoms with Gasteiger partial charge in [0.25, 0.3) is 0 Å². The first-order valence-electron chi connectivity index (χ1n) is 9.56. The Morgan fingerprint density at radius 3 is 2.39 bits per heavy atom. The van der Waals surface area contributed by atoms with Crippen molar-refractivity contribution in [2.75, 3.05) is 18.5 Å². The maximum absolute atomic E-state index is 12.3. The zero-order chi connectivity index (χ0) is 22.1. The summed E-state index contributed by atoms with van der Waals surface area (Å²) in [5.41, 5.74) is 2.40. The minimum Gasteiger partial charge on any atom is -0.465 e. The third-order valence-electron chi connectivity index (χ3n) is 4.26. The van der Waals surface area contributed by atoms with Crippen molar-refractivity contribution >= 4 is 46.5 Å². The molecule has 31 heavy (non-hydrogen) atoms. The van der Waals surface area contributed by atoms with Gasteiger partial charge in [-0.1, -0.05) is 47.5 Å².